The van der Waals surface area contributed by atoms with Crippen LogP contribution in [-0.2, 0) is 17.8 Å². The molecule has 0 radical (unpaired) electrons. The molecular formula is C15H23N3O. The maximum Gasteiger partial charge on any atom is 0.240 e. The first-order chi connectivity index (χ1) is 8.94. The minimum absolute atomic E-state index is 0.103. The van der Waals surface area contributed by atoms with Gasteiger partial charge in [0.2, 0.25) is 5.91 Å². The van der Waals surface area contributed by atoms with Gasteiger partial charge in [-0.2, -0.15) is 0 Å². The number of nitrogens with two attached hydrogens (primary N) is 1. The molecule has 4 nitrogen and oxygen atoms in total. The second-order valence-corrected chi connectivity index (χ2v) is 6.84. The lowest BCUT2D eigenvalue weighted by molar-refractivity contribution is -0.121. The zero-order valence-corrected chi connectivity index (χ0v) is 11.8. The molecule has 104 valence electrons. The fraction of sp³-hybridized carbons (Fsp3) is 0.667. The Morgan fingerprint density at radius 2 is 2.26 bits per heavy atom. The number of nitrogens with zero attached hydrogens (tertiary/aromatic N) is 1. The molecule has 4 heteroatoms. The monoisotopic (exact) mass is 261 g/mol. The third kappa shape index (κ3) is 2.68. The molecular weight excluding hydrogens is 238 g/mol. The van der Waals surface area contributed by atoms with E-state index >= 15 is 0 Å². The molecule has 1 fully saturated rings. The largest absolute Gasteiger partial charge is 0.352 e. The van der Waals surface area contributed by atoms with Crippen LogP contribution in [0.15, 0.2) is 12.3 Å². The molecule has 1 unspecified atom stereocenters. The molecule has 2 aliphatic carbocycles. The van der Waals surface area contributed by atoms with Crippen molar-refractivity contribution in [2.75, 3.05) is 0 Å². The van der Waals surface area contributed by atoms with Crippen molar-refractivity contribution >= 4 is 5.91 Å². The Hall–Kier alpha value is -1.29. The molecule has 0 bridgehead atoms. The Morgan fingerprint density at radius 3 is 2.95 bits per heavy atom. The number of amides is 1. The first kappa shape index (κ1) is 12.7. The number of hydrogen-bond acceptors (Lipinski definition) is 2. The summed E-state index contributed by atoms with van der Waals surface area (Å²) >= 11 is 0. The predicted octanol–water partition coefficient (Wildman–Crippen LogP) is 1.74. The summed E-state index contributed by atoms with van der Waals surface area (Å²) in [7, 11) is 0. The van der Waals surface area contributed by atoms with Gasteiger partial charge in [0, 0.05) is 24.0 Å². The molecule has 1 aromatic rings. The molecule has 3 N–H and O–H groups in total. The molecule has 3 rings (SSSR count). The van der Waals surface area contributed by atoms with Gasteiger partial charge in [0.05, 0.1) is 0 Å². The lowest BCUT2D eigenvalue weighted by Crippen LogP contribution is -2.33. The molecule has 0 aromatic carbocycles. The molecule has 0 spiro atoms. The maximum atomic E-state index is 11.9. The van der Waals surface area contributed by atoms with E-state index in [0.717, 1.165) is 25.7 Å². The Morgan fingerprint density at radius 1 is 1.53 bits per heavy atom. The smallest absolute Gasteiger partial charge is 0.240 e. The van der Waals surface area contributed by atoms with Crippen LogP contribution < -0.4 is 11.1 Å². The van der Waals surface area contributed by atoms with Crippen molar-refractivity contribution in [3.63, 3.8) is 0 Å². The van der Waals surface area contributed by atoms with Crippen LogP contribution in [0.25, 0.3) is 0 Å². The van der Waals surface area contributed by atoms with Gasteiger partial charge in [0.25, 0.3) is 0 Å². The molecule has 1 atom stereocenters. The fourth-order valence-electron chi connectivity index (χ4n) is 3.10. The van der Waals surface area contributed by atoms with Gasteiger partial charge >= 0.3 is 0 Å². The topological polar surface area (TPSA) is 60.0 Å². The second-order valence-electron chi connectivity index (χ2n) is 6.84. The first-order valence-electron chi connectivity index (χ1n) is 7.17. The van der Waals surface area contributed by atoms with Gasteiger partial charge < -0.3 is 15.6 Å². The van der Waals surface area contributed by atoms with Crippen molar-refractivity contribution in [1.29, 1.82) is 0 Å². The van der Waals surface area contributed by atoms with Gasteiger partial charge in [-0.1, -0.05) is 13.8 Å². The molecule has 0 saturated heterocycles. The van der Waals surface area contributed by atoms with Gasteiger partial charge in [-0.15, -0.1) is 0 Å². The minimum Gasteiger partial charge on any atom is -0.352 e. The number of fused-ring (bicyclic) bond motifs is 1. The van der Waals surface area contributed by atoms with Gasteiger partial charge in [0.1, 0.15) is 6.54 Å². The zero-order valence-electron chi connectivity index (χ0n) is 11.8. The van der Waals surface area contributed by atoms with Crippen LogP contribution in [0.2, 0.25) is 0 Å². The summed E-state index contributed by atoms with van der Waals surface area (Å²) in [6, 6.07) is 2.61. The third-order valence-electron chi connectivity index (χ3n) is 4.19. The van der Waals surface area contributed by atoms with Gasteiger partial charge in [-0.3, -0.25) is 4.79 Å². The molecule has 19 heavy (non-hydrogen) atoms. The van der Waals surface area contributed by atoms with E-state index in [1.165, 1.54) is 11.3 Å². The summed E-state index contributed by atoms with van der Waals surface area (Å²) in [5.74, 6) is 0.123. The Bertz CT molecular complexity index is 499. The molecule has 1 heterocycles. The molecule has 0 aliphatic heterocycles. The van der Waals surface area contributed by atoms with Crippen molar-refractivity contribution in [3.05, 3.63) is 23.5 Å². The highest BCUT2D eigenvalue weighted by Gasteiger charge is 2.32. The van der Waals surface area contributed by atoms with Crippen LogP contribution in [0.1, 0.15) is 50.4 Å². The van der Waals surface area contributed by atoms with Crippen molar-refractivity contribution in [2.45, 2.75) is 58.2 Å². The maximum absolute atomic E-state index is 11.9. The van der Waals surface area contributed by atoms with Crippen LogP contribution in [0, 0.1) is 5.41 Å². The highest BCUT2D eigenvalue weighted by molar-refractivity contribution is 5.76. The summed E-state index contributed by atoms with van der Waals surface area (Å²) < 4.78 is 2.08. The van der Waals surface area contributed by atoms with E-state index < -0.39 is 0 Å². The number of nitrogens with one attached hydrogen (secondary N) is 1. The summed E-state index contributed by atoms with van der Waals surface area (Å²) in [6.45, 7) is 4.92. The Balaban J connectivity index is 1.78. The SMILES string of the molecule is CC1(C)Cc2c(ccn2CC(=O)NC2CC2)C(N)C1. The molecule has 1 aromatic heterocycles. The highest BCUT2D eigenvalue weighted by Crippen LogP contribution is 2.39. The number of carbonyl (C=O) groups excluding carboxylic acids is 1. The van der Waals surface area contributed by atoms with Gasteiger partial charge in [-0.05, 0) is 42.7 Å². The van der Waals surface area contributed by atoms with E-state index in [2.05, 4.69) is 29.8 Å². The van der Waals surface area contributed by atoms with E-state index in [-0.39, 0.29) is 17.4 Å². The van der Waals surface area contributed by atoms with Crippen molar-refractivity contribution in [3.8, 4) is 0 Å². The van der Waals surface area contributed by atoms with Crippen LogP contribution in [0.3, 0.4) is 0 Å². The van der Waals surface area contributed by atoms with Gasteiger partial charge in [0.15, 0.2) is 0 Å². The standard InChI is InChI=1S/C15H23N3O/c1-15(2)7-12(16)11-5-6-18(13(11)8-15)9-14(19)17-10-3-4-10/h5-6,10,12H,3-4,7-9,16H2,1-2H3,(H,17,19). The average molecular weight is 261 g/mol. The summed E-state index contributed by atoms with van der Waals surface area (Å²) in [4.78, 5) is 11.9. The number of carbonyl (C=O) groups is 1. The molecule has 1 amide bonds. The number of hydrogen-bond donors (Lipinski definition) is 2. The van der Waals surface area contributed by atoms with Crippen molar-refractivity contribution < 1.29 is 4.79 Å². The zero-order chi connectivity index (χ0) is 13.6. The Kier molecular flexibility index (Phi) is 2.93. The van der Waals surface area contributed by atoms with E-state index in [9.17, 15) is 4.79 Å². The predicted molar refractivity (Wildman–Crippen MR) is 74.6 cm³/mol. The van der Waals surface area contributed by atoms with Crippen LogP contribution >= 0.6 is 0 Å². The van der Waals surface area contributed by atoms with E-state index in [1.807, 2.05) is 6.20 Å². The lowest BCUT2D eigenvalue weighted by atomic mass is 9.74. The molecule has 1 saturated carbocycles. The average Bonchev–Trinajstić information content (AvgIpc) is 3.00. The lowest BCUT2D eigenvalue weighted by Gasteiger charge is -2.34. The van der Waals surface area contributed by atoms with E-state index in [4.69, 9.17) is 5.73 Å². The minimum atomic E-state index is 0.103. The normalized spacial score (nSPS) is 24.9. The second kappa shape index (κ2) is 4.37. The number of aromatic nitrogens is 1. The summed E-state index contributed by atoms with van der Waals surface area (Å²) in [5, 5.41) is 3.04. The first-order valence-corrected chi connectivity index (χ1v) is 7.17. The highest BCUT2D eigenvalue weighted by atomic mass is 16.2. The summed E-state index contributed by atoms with van der Waals surface area (Å²) in [6.07, 6.45) is 6.29. The van der Waals surface area contributed by atoms with Crippen LogP contribution in [0.5, 0.6) is 0 Å². The van der Waals surface area contributed by atoms with Crippen molar-refractivity contribution in [1.82, 2.24) is 9.88 Å². The van der Waals surface area contributed by atoms with E-state index in [0.29, 0.717) is 12.6 Å². The quantitative estimate of drug-likeness (QED) is 0.870. The van der Waals surface area contributed by atoms with Crippen LogP contribution in [-0.4, -0.2) is 16.5 Å². The molecule has 2 aliphatic rings. The Labute approximate surface area is 114 Å². The fourth-order valence-corrected chi connectivity index (χ4v) is 3.10. The van der Waals surface area contributed by atoms with E-state index in [1.54, 1.807) is 0 Å². The van der Waals surface area contributed by atoms with Crippen LogP contribution in [0.4, 0.5) is 0 Å². The number of rotatable bonds is 3. The summed E-state index contributed by atoms with van der Waals surface area (Å²) in [5.41, 5.74) is 8.93. The van der Waals surface area contributed by atoms with Crippen molar-refractivity contribution in [2.24, 2.45) is 11.1 Å². The third-order valence-corrected chi connectivity index (χ3v) is 4.19. The van der Waals surface area contributed by atoms with Gasteiger partial charge in [-0.25, -0.2) is 0 Å².